The van der Waals surface area contributed by atoms with Gasteiger partial charge in [-0.3, -0.25) is 4.99 Å². The van der Waals surface area contributed by atoms with Crippen LogP contribution in [0.25, 0.3) is 0 Å². The molecule has 0 saturated carbocycles. The van der Waals surface area contributed by atoms with Gasteiger partial charge in [-0.05, 0) is 20.3 Å². The molecule has 0 bridgehead atoms. The fourth-order valence-electron chi connectivity index (χ4n) is 1.38. The van der Waals surface area contributed by atoms with Crippen molar-refractivity contribution in [1.82, 2.24) is 15.6 Å². The third kappa shape index (κ3) is 6.53. The molecule has 18 heavy (non-hydrogen) atoms. The molecule has 1 heterocycles. The Labute approximate surface area is 131 Å². The number of halogens is 1. The number of aliphatic imine (C=N–C) groups is 1. The van der Waals surface area contributed by atoms with Gasteiger partial charge in [0.25, 0.3) is 0 Å². The van der Waals surface area contributed by atoms with Crippen LogP contribution < -0.4 is 10.6 Å². The van der Waals surface area contributed by atoms with Crippen LogP contribution in [-0.4, -0.2) is 30.6 Å². The lowest BCUT2D eigenvalue weighted by molar-refractivity contribution is 0.697. The van der Waals surface area contributed by atoms with E-state index in [-0.39, 0.29) is 24.0 Å². The van der Waals surface area contributed by atoms with Crippen molar-refractivity contribution in [2.75, 3.05) is 13.6 Å². The van der Waals surface area contributed by atoms with E-state index in [1.54, 1.807) is 18.4 Å². The molecule has 6 heteroatoms. The molecule has 4 nitrogen and oxygen atoms in total. The lowest BCUT2D eigenvalue weighted by atomic mass is 10.4. The normalized spacial score (nSPS) is 11.3. The lowest BCUT2D eigenvalue weighted by Crippen LogP contribution is -2.41. The molecule has 1 rings (SSSR count). The topological polar surface area (TPSA) is 49.3 Å². The van der Waals surface area contributed by atoms with Gasteiger partial charge in [0.05, 0.1) is 5.01 Å². The van der Waals surface area contributed by atoms with Gasteiger partial charge >= 0.3 is 0 Å². The highest BCUT2D eigenvalue weighted by Crippen LogP contribution is 2.13. The number of rotatable bonds is 5. The van der Waals surface area contributed by atoms with Gasteiger partial charge in [0, 0.05) is 37.1 Å². The molecule has 0 aliphatic heterocycles. The molecular weight excluding hydrogens is 359 g/mol. The Morgan fingerprint density at radius 1 is 1.50 bits per heavy atom. The monoisotopic (exact) mass is 382 g/mol. The SMILES string of the molecule is CCc1cnc(CCNC(=NC)NC(C)C)s1.I. The summed E-state index contributed by atoms with van der Waals surface area (Å²) < 4.78 is 0. The fraction of sp³-hybridized carbons (Fsp3) is 0.667. The van der Waals surface area contributed by atoms with Crippen molar-refractivity contribution in [3.05, 3.63) is 16.1 Å². The van der Waals surface area contributed by atoms with Crippen LogP contribution in [0.4, 0.5) is 0 Å². The van der Waals surface area contributed by atoms with Crippen molar-refractivity contribution >= 4 is 41.3 Å². The Kier molecular flexibility index (Phi) is 9.35. The van der Waals surface area contributed by atoms with E-state index in [9.17, 15) is 0 Å². The van der Waals surface area contributed by atoms with Gasteiger partial charge in [-0.15, -0.1) is 35.3 Å². The number of guanidine groups is 1. The molecule has 0 fully saturated rings. The van der Waals surface area contributed by atoms with Crippen LogP contribution in [-0.2, 0) is 12.8 Å². The predicted octanol–water partition coefficient (Wildman–Crippen LogP) is 2.44. The van der Waals surface area contributed by atoms with Crippen LogP contribution in [0.1, 0.15) is 30.7 Å². The van der Waals surface area contributed by atoms with E-state index in [0.29, 0.717) is 6.04 Å². The van der Waals surface area contributed by atoms with Crippen LogP contribution >= 0.6 is 35.3 Å². The van der Waals surface area contributed by atoms with E-state index in [4.69, 9.17) is 0 Å². The van der Waals surface area contributed by atoms with Crippen molar-refractivity contribution in [2.24, 2.45) is 4.99 Å². The third-order valence-corrected chi connectivity index (χ3v) is 3.43. The molecule has 2 N–H and O–H groups in total. The third-order valence-electron chi connectivity index (χ3n) is 2.23. The zero-order chi connectivity index (χ0) is 12.7. The largest absolute Gasteiger partial charge is 0.356 e. The Bertz CT molecular complexity index is 363. The second kappa shape index (κ2) is 9.55. The first kappa shape index (κ1) is 17.6. The summed E-state index contributed by atoms with van der Waals surface area (Å²) in [5.41, 5.74) is 0. The minimum Gasteiger partial charge on any atom is -0.356 e. The minimum atomic E-state index is 0. The van der Waals surface area contributed by atoms with Crippen LogP contribution in [0.5, 0.6) is 0 Å². The summed E-state index contributed by atoms with van der Waals surface area (Å²) in [4.78, 5) is 9.90. The molecule has 0 spiro atoms. The summed E-state index contributed by atoms with van der Waals surface area (Å²) in [6.45, 7) is 7.22. The molecule has 0 radical (unpaired) electrons. The van der Waals surface area contributed by atoms with Crippen molar-refractivity contribution < 1.29 is 0 Å². The summed E-state index contributed by atoms with van der Waals surface area (Å²) >= 11 is 1.79. The van der Waals surface area contributed by atoms with Gasteiger partial charge in [-0.25, -0.2) is 4.98 Å². The van der Waals surface area contributed by atoms with E-state index < -0.39 is 0 Å². The maximum Gasteiger partial charge on any atom is 0.191 e. The van der Waals surface area contributed by atoms with Gasteiger partial charge in [-0.1, -0.05) is 6.92 Å². The standard InChI is InChI=1S/C12H22N4S.HI/c1-5-10-8-15-11(17-10)6-7-14-12(13-4)16-9(2)3;/h8-9H,5-7H2,1-4H3,(H2,13,14,16);1H. The van der Waals surface area contributed by atoms with Crippen LogP contribution in [0.3, 0.4) is 0 Å². The lowest BCUT2D eigenvalue weighted by Gasteiger charge is -2.13. The molecule has 104 valence electrons. The smallest absolute Gasteiger partial charge is 0.191 e. The van der Waals surface area contributed by atoms with Crippen molar-refractivity contribution in [1.29, 1.82) is 0 Å². The van der Waals surface area contributed by atoms with Gasteiger partial charge < -0.3 is 10.6 Å². The van der Waals surface area contributed by atoms with Crippen molar-refractivity contribution in [3.8, 4) is 0 Å². The Balaban J connectivity index is 0.00000289. The molecular formula is C12H23IN4S. The second-order valence-corrected chi connectivity index (χ2v) is 5.32. The molecule has 0 aliphatic rings. The zero-order valence-corrected chi connectivity index (χ0v) is 14.6. The van der Waals surface area contributed by atoms with E-state index in [1.807, 2.05) is 6.20 Å². The molecule has 0 amide bonds. The van der Waals surface area contributed by atoms with E-state index >= 15 is 0 Å². The van der Waals surface area contributed by atoms with Gasteiger partial charge in [0.1, 0.15) is 0 Å². The van der Waals surface area contributed by atoms with Crippen molar-refractivity contribution in [2.45, 2.75) is 39.7 Å². The Morgan fingerprint density at radius 2 is 2.22 bits per heavy atom. The molecule has 0 unspecified atom stereocenters. The molecule has 0 aromatic carbocycles. The number of hydrogen-bond acceptors (Lipinski definition) is 3. The van der Waals surface area contributed by atoms with E-state index in [1.165, 1.54) is 9.88 Å². The van der Waals surface area contributed by atoms with E-state index in [0.717, 1.165) is 25.3 Å². The van der Waals surface area contributed by atoms with Gasteiger partial charge in [-0.2, -0.15) is 0 Å². The summed E-state index contributed by atoms with van der Waals surface area (Å²) in [6, 6.07) is 0.396. The first-order valence-corrected chi connectivity index (χ1v) is 6.88. The zero-order valence-electron chi connectivity index (χ0n) is 11.5. The van der Waals surface area contributed by atoms with Crippen LogP contribution in [0, 0.1) is 0 Å². The number of aromatic nitrogens is 1. The minimum absolute atomic E-state index is 0. The summed E-state index contributed by atoms with van der Waals surface area (Å²) in [5, 5.41) is 7.73. The fourth-order valence-corrected chi connectivity index (χ4v) is 2.24. The Hall–Kier alpha value is -0.370. The molecule has 0 atom stereocenters. The van der Waals surface area contributed by atoms with E-state index in [2.05, 4.69) is 41.4 Å². The average Bonchev–Trinajstić information content (AvgIpc) is 2.75. The quantitative estimate of drug-likeness (QED) is 0.467. The maximum absolute atomic E-state index is 4.39. The first-order valence-electron chi connectivity index (χ1n) is 6.06. The maximum atomic E-state index is 4.39. The molecule has 1 aromatic rings. The highest BCUT2D eigenvalue weighted by molar-refractivity contribution is 14.0. The summed E-state index contributed by atoms with van der Waals surface area (Å²) in [6.07, 6.45) is 3.99. The highest BCUT2D eigenvalue weighted by Gasteiger charge is 2.02. The Morgan fingerprint density at radius 3 is 2.72 bits per heavy atom. The van der Waals surface area contributed by atoms with Crippen molar-refractivity contribution in [3.63, 3.8) is 0 Å². The van der Waals surface area contributed by atoms with Crippen LogP contribution in [0.2, 0.25) is 0 Å². The number of nitrogens with zero attached hydrogens (tertiary/aromatic N) is 2. The molecule has 0 aliphatic carbocycles. The highest BCUT2D eigenvalue weighted by atomic mass is 127. The number of thiazole rings is 1. The van der Waals surface area contributed by atoms with Gasteiger partial charge in [0.2, 0.25) is 0 Å². The average molecular weight is 382 g/mol. The molecule has 1 aromatic heterocycles. The van der Waals surface area contributed by atoms with Crippen LogP contribution in [0.15, 0.2) is 11.2 Å². The summed E-state index contributed by atoms with van der Waals surface area (Å²) in [7, 11) is 1.79. The predicted molar refractivity (Wildman–Crippen MR) is 90.2 cm³/mol. The number of hydrogen-bond donors (Lipinski definition) is 2. The van der Waals surface area contributed by atoms with Gasteiger partial charge in [0.15, 0.2) is 5.96 Å². The first-order chi connectivity index (χ1) is 8.15. The second-order valence-electron chi connectivity index (χ2n) is 4.12. The number of aryl methyl sites for hydroxylation is 1. The number of nitrogens with one attached hydrogen (secondary N) is 2. The molecule has 0 saturated heterocycles. The summed E-state index contributed by atoms with van der Waals surface area (Å²) in [5.74, 6) is 0.854.